The summed E-state index contributed by atoms with van der Waals surface area (Å²) in [6, 6.07) is 12.2. The minimum atomic E-state index is 0.354. The summed E-state index contributed by atoms with van der Waals surface area (Å²) in [6.07, 6.45) is 3.87. The minimum absolute atomic E-state index is 0.354. The van der Waals surface area contributed by atoms with Crippen LogP contribution in [0.4, 0.5) is 5.95 Å². The van der Waals surface area contributed by atoms with Gasteiger partial charge >= 0.3 is 0 Å². The van der Waals surface area contributed by atoms with E-state index in [2.05, 4.69) is 32.3 Å². The molecule has 138 valence electrons. The number of anilines is 1. The summed E-state index contributed by atoms with van der Waals surface area (Å²) in [5, 5.41) is 3.34. The second-order valence-electron chi connectivity index (χ2n) is 7.05. The van der Waals surface area contributed by atoms with Crippen molar-refractivity contribution in [3.8, 4) is 0 Å². The number of benzene rings is 1. The third-order valence-electron chi connectivity index (χ3n) is 5.27. The second-order valence-corrected chi connectivity index (χ2v) is 7.05. The smallest absolute Gasteiger partial charge is 0.222 e. The maximum Gasteiger partial charge on any atom is 0.222 e. The Labute approximate surface area is 154 Å². The number of likely N-dealkylation sites (tertiary alicyclic amines) is 1. The quantitative estimate of drug-likeness (QED) is 0.732. The Morgan fingerprint density at radius 3 is 2.81 bits per heavy atom. The number of rotatable bonds is 8. The number of hydrogen-bond acceptors (Lipinski definition) is 6. The van der Waals surface area contributed by atoms with E-state index in [1.165, 1.54) is 5.56 Å². The Hall–Kier alpha value is -2.02. The number of ether oxygens (including phenoxy) is 2. The molecular formula is C20H26N4O2. The lowest BCUT2D eigenvalue weighted by atomic mass is 9.93. The van der Waals surface area contributed by atoms with Crippen molar-refractivity contribution in [2.24, 2.45) is 11.8 Å². The number of hydrogen-bond donors (Lipinski definition) is 1. The molecule has 2 aliphatic rings. The molecule has 1 aromatic carbocycles. The summed E-state index contributed by atoms with van der Waals surface area (Å²) in [6.45, 7) is 6.19. The molecule has 1 N–H and O–H groups in total. The van der Waals surface area contributed by atoms with Gasteiger partial charge in [-0.05, 0) is 11.6 Å². The van der Waals surface area contributed by atoms with Gasteiger partial charge in [-0.25, -0.2) is 9.97 Å². The number of fused-ring (bicyclic) bond motifs is 1. The van der Waals surface area contributed by atoms with E-state index in [1.807, 2.05) is 24.3 Å². The van der Waals surface area contributed by atoms with Crippen LogP contribution in [0.3, 0.4) is 0 Å². The average molecular weight is 354 g/mol. The molecule has 0 amide bonds. The van der Waals surface area contributed by atoms with Crippen LogP contribution in [0, 0.1) is 11.8 Å². The average Bonchev–Trinajstić information content (AvgIpc) is 3.26. The lowest BCUT2D eigenvalue weighted by Crippen LogP contribution is -2.29. The Morgan fingerprint density at radius 1 is 1.12 bits per heavy atom. The minimum Gasteiger partial charge on any atom is -0.376 e. The van der Waals surface area contributed by atoms with E-state index in [1.54, 1.807) is 12.4 Å². The van der Waals surface area contributed by atoms with Gasteiger partial charge in [0.15, 0.2) is 0 Å². The maximum absolute atomic E-state index is 6.02. The van der Waals surface area contributed by atoms with E-state index in [4.69, 9.17) is 9.47 Å². The molecule has 2 aromatic rings. The van der Waals surface area contributed by atoms with Crippen molar-refractivity contribution >= 4 is 5.95 Å². The van der Waals surface area contributed by atoms with Gasteiger partial charge in [0.25, 0.3) is 0 Å². The fraction of sp³-hybridized carbons (Fsp3) is 0.500. The van der Waals surface area contributed by atoms with Crippen LogP contribution >= 0.6 is 0 Å². The summed E-state index contributed by atoms with van der Waals surface area (Å²) in [5.41, 5.74) is 1.23. The van der Waals surface area contributed by atoms with Crippen LogP contribution in [0.1, 0.15) is 5.56 Å². The molecule has 0 radical (unpaired) electrons. The molecular weight excluding hydrogens is 328 g/mol. The van der Waals surface area contributed by atoms with Crippen molar-refractivity contribution in [2.45, 2.75) is 12.7 Å². The molecule has 0 saturated carbocycles. The first kappa shape index (κ1) is 17.4. The zero-order chi connectivity index (χ0) is 17.6. The van der Waals surface area contributed by atoms with Gasteiger partial charge in [0.05, 0.1) is 25.9 Å². The van der Waals surface area contributed by atoms with Crippen molar-refractivity contribution in [1.29, 1.82) is 0 Å². The van der Waals surface area contributed by atoms with E-state index in [0.29, 0.717) is 30.5 Å². The third kappa shape index (κ3) is 4.38. The predicted molar refractivity (Wildman–Crippen MR) is 99.8 cm³/mol. The summed E-state index contributed by atoms with van der Waals surface area (Å²) in [4.78, 5) is 10.9. The number of aromatic nitrogens is 2. The fourth-order valence-electron chi connectivity index (χ4n) is 3.84. The molecule has 6 heteroatoms. The first-order valence-electron chi connectivity index (χ1n) is 9.35. The van der Waals surface area contributed by atoms with Crippen LogP contribution in [0.5, 0.6) is 0 Å². The summed E-state index contributed by atoms with van der Waals surface area (Å²) < 4.78 is 11.8. The molecule has 3 atom stereocenters. The molecule has 2 fully saturated rings. The van der Waals surface area contributed by atoms with E-state index < -0.39 is 0 Å². The predicted octanol–water partition coefficient (Wildman–Crippen LogP) is 2.05. The summed E-state index contributed by atoms with van der Waals surface area (Å²) >= 11 is 0. The van der Waals surface area contributed by atoms with Gasteiger partial charge < -0.3 is 14.8 Å². The molecule has 2 aliphatic heterocycles. The third-order valence-corrected chi connectivity index (χ3v) is 5.27. The van der Waals surface area contributed by atoms with Crippen molar-refractivity contribution in [1.82, 2.24) is 14.9 Å². The van der Waals surface area contributed by atoms with Gasteiger partial charge in [0, 0.05) is 50.4 Å². The van der Waals surface area contributed by atoms with Crippen molar-refractivity contribution in [3.63, 3.8) is 0 Å². The number of nitrogens with one attached hydrogen (secondary N) is 1. The largest absolute Gasteiger partial charge is 0.376 e. The highest BCUT2D eigenvalue weighted by Gasteiger charge is 2.43. The monoisotopic (exact) mass is 354 g/mol. The lowest BCUT2D eigenvalue weighted by Gasteiger charge is -2.20. The highest BCUT2D eigenvalue weighted by Crippen LogP contribution is 2.33. The molecule has 0 spiro atoms. The molecule has 2 saturated heterocycles. The maximum atomic E-state index is 6.02. The van der Waals surface area contributed by atoms with Crippen LogP contribution in [0.25, 0.3) is 0 Å². The van der Waals surface area contributed by atoms with Crippen molar-refractivity contribution < 1.29 is 9.47 Å². The van der Waals surface area contributed by atoms with Gasteiger partial charge in [-0.2, -0.15) is 0 Å². The SMILES string of the molecule is c1ccc(COCCN2C[C@H]3[C@H](CNc4ncccn4)CO[C@H]3C2)cc1. The Morgan fingerprint density at radius 2 is 1.96 bits per heavy atom. The van der Waals surface area contributed by atoms with Gasteiger partial charge in [0.1, 0.15) is 0 Å². The van der Waals surface area contributed by atoms with Gasteiger partial charge in [-0.1, -0.05) is 30.3 Å². The van der Waals surface area contributed by atoms with Crippen LogP contribution in [0.2, 0.25) is 0 Å². The van der Waals surface area contributed by atoms with Crippen LogP contribution < -0.4 is 5.32 Å². The van der Waals surface area contributed by atoms with E-state index in [9.17, 15) is 0 Å². The standard InChI is InChI=1S/C20H26N4O2/c1-2-5-16(6-3-1)14-25-10-9-24-12-18-17(15-26-19(18)13-24)11-23-20-21-7-4-8-22-20/h1-8,17-19H,9-15H2,(H,21,22,23)/t17-,18+,19+/m1/s1. The highest BCUT2D eigenvalue weighted by atomic mass is 16.5. The van der Waals surface area contributed by atoms with Crippen molar-refractivity contribution in [3.05, 3.63) is 54.4 Å². The molecule has 3 heterocycles. The topological polar surface area (TPSA) is 59.5 Å². The van der Waals surface area contributed by atoms with Crippen molar-refractivity contribution in [2.75, 3.05) is 44.7 Å². The highest BCUT2D eigenvalue weighted by molar-refractivity contribution is 5.22. The van der Waals surface area contributed by atoms with Crippen LogP contribution in [-0.4, -0.2) is 60.4 Å². The molecule has 0 aliphatic carbocycles. The zero-order valence-corrected chi connectivity index (χ0v) is 15.0. The second kappa shape index (κ2) is 8.58. The lowest BCUT2D eigenvalue weighted by molar-refractivity contribution is 0.0746. The van der Waals surface area contributed by atoms with Gasteiger partial charge in [-0.3, -0.25) is 4.90 Å². The van der Waals surface area contributed by atoms with Gasteiger partial charge in [0.2, 0.25) is 5.95 Å². The fourth-order valence-corrected chi connectivity index (χ4v) is 3.84. The zero-order valence-electron chi connectivity index (χ0n) is 15.0. The molecule has 6 nitrogen and oxygen atoms in total. The molecule has 26 heavy (non-hydrogen) atoms. The molecule has 0 unspecified atom stereocenters. The Bertz CT molecular complexity index is 670. The first-order chi connectivity index (χ1) is 12.9. The van der Waals surface area contributed by atoms with Crippen LogP contribution in [0.15, 0.2) is 48.8 Å². The van der Waals surface area contributed by atoms with Gasteiger partial charge in [-0.15, -0.1) is 0 Å². The van der Waals surface area contributed by atoms with Crippen LogP contribution in [-0.2, 0) is 16.1 Å². The molecule has 4 rings (SSSR count). The molecule has 1 aromatic heterocycles. The normalized spacial score (nSPS) is 25.3. The summed E-state index contributed by atoms with van der Waals surface area (Å²) in [5.74, 6) is 1.79. The molecule has 0 bridgehead atoms. The number of nitrogens with zero attached hydrogens (tertiary/aromatic N) is 3. The summed E-state index contributed by atoms with van der Waals surface area (Å²) in [7, 11) is 0. The van der Waals surface area contributed by atoms with E-state index >= 15 is 0 Å². The van der Waals surface area contributed by atoms with E-state index in [0.717, 1.165) is 39.4 Å². The first-order valence-corrected chi connectivity index (χ1v) is 9.35. The Balaban J connectivity index is 1.18. The van der Waals surface area contributed by atoms with E-state index in [-0.39, 0.29) is 0 Å². The Kier molecular flexibility index (Phi) is 5.74.